The van der Waals surface area contributed by atoms with Crippen LogP contribution >= 0.6 is 0 Å². The van der Waals surface area contributed by atoms with E-state index in [0.717, 1.165) is 12.5 Å². The van der Waals surface area contributed by atoms with Crippen molar-refractivity contribution in [2.24, 2.45) is 17.6 Å². The van der Waals surface area contributed by atoms with Gasteiger partial charge in [0.15, 0.2) is 0 Å². The Morgan fingerprint density at radius 3 is 2.86 bits per heavy atom. The van der Waals surface area contributed by atoms with Crippen molar-refractivity contribution >= 4 is 0 Å². The van der Waals surface area contributed by atoms with Crippen LogP contribution < -0.4 is 5.73 Å². The highest BCUT2D eigenvalue weighted by atomic mass is 15.1. The van der Waals surface area contributed by atoms with Crippen molar-refractivity contribution in [1.29, 1.82) is 0 Å². The Bertz CT molecular complexity index is 299. The predicted octanol–water partition coefficient (Wildman–Crippen LogP) is 1.95. The first-order valence-electron chi connectivity index (χ1n) is 5.44. The lowest BCUT2D eigenvalue weighted by Crippen LogP contribution is -2.20. The highest BCUT2D eigenvalue weighted by Gasteiger charge is 2.24. The first-order valence-corrected chi connectivity index (χ1v) is 5.44. The lowest BCUT2D eigenvalue weighted by atomic mass is 10.0. The lowest BCUT2D eigenvalue weighted by molar-refractivity contribution is 0.470. The Morgan fingerprint density at radius 1 is 1.57 bits per heavy atom. The number of aromatic nitrogens is 2. The van der Waals surface area contributed by atoms with Gasteiger partial charge in [-0.15, -0.1) is 0 Å². The van der Waals surface area contributed by atoms with Gasteiger partial charge in [0.05, 0.1) is 12.0 Å². The van der Waals surface area contributed by atoms with Crippen molar-refractivity contribution in [3.05, 3.63) is 18.2 Å². The van der Waals surface area contributed by atoms with Gasteiger partial charge < -0.3 is 10.3 Å². The van der Waals surface area contributed by atoms with Crippen molar-refractivity contribution in [1.82, 2.24) is 9.55 Å². The number of hydrogen-bond donors (Lipinski definition) is 1. The van der Waals surface area contributed by atoms with E-state index in [1.807, 2.05) is 12.5 Å². The van der Waals surface area contributed by atoms with E-state index in [1.165, 1.54) is 18.5 Å². The topological polar surface area (TPSA) is 43.8 Å². The van der Waals surface area contributed by atoms with Crippen LogP contribution in [0.1, 0.15) is 38.4 Å². The lowest BCUT2D eigenvalue weighted by Gasteiger charge is -2.17. The van der Waals surface area contributed by atoms with Crippen LogP contribution in [-0.2, 0) is 6.54 Å². The molecule has 1 heterocycles. The van der Waals surface area contributed by atoms with E-state index >= 15 is 0 Å². The number of imidazole rings is 1. The van der Waals surface area contributed by atoms with E-state index in [-0.39, 0.29) is 6.04 Å². The van der Waals surface area contributed by atoms with Gasteiger partial charge in [-0.2, -0.15) is 0 Å². The molecule has 0 aliphatic heterocycles. The van der Waals surface area contributed by atoms with E-state index in [4.69, 9.17) is 5.73 Å². The van der Waals surface area contributed by atoms with Crippen molar-refractivity contribution in [2.75, 3.05) is 0 Å². The van der Waals surface area contributed by atoms with Crippen molar-refractivity contribution in [2.45, 2.75) is 39.3 Å². The third-order valence-corrected chi connectivity index (χ3v) is 2.96. The highest BCUT2D eigenvalue weighted by molar-refractivity contribution is 5.06. The number of nitrogens with zero attached hydrogens (tertiary/aromatic N) is 2. The zero-order valence-electron chi connectivity index (χ0n) is 8.98. The van der Waals surface area contributed by atoms with Crippen LogP contribution in [0.25, 0.3) is 0 Å². The molecule has 1 unspecified atom stereocenters. The quantitative estimate of drug-likeness (QED) is 0.794. The fraction of sp³-hybridized carbons (Fsp3) is 0.727. The minimum Gasteiger partial charge on any atom is -0.333 e. The summed E-state index contributed by atoms with van der Waals surface area (Å²) in [5.41, 5.74) is 7.31. The molecule has 1 saturated carbocycles. The standard InChI is InChI=1S/C11H19N3/c1-8(2)11(12)10-5-13-7-14(10)6-9-3-4-9/h5,7-9,11H,3-4,6,12H2,1-2H3. The molecule has 2 N–H and O–H groups in total. The molecule has 1 aliphatic rings. The maximum Gasteiger partial charge on any atom is 0.0948 e. The van der Waals surface area contributed by atoms with Gasteiger partial charge >= 0.3 is 0 Å². The van der Waals surface area contributed by atoms with Crippen molar-refractivity contribution < 1.29 is 0 Å². The molecular formula is C11H19N3. The van der Waals surface area contributed by atoms with Crippen LogP contribution in [0.15, 0.2) is 12.5 Å². The van der Waals surface area contributed by atoms with Crippen LogP contribution in [0, 0.1) is 11.8 Å². The van der Waals surface area contributed by atoms with E-state index in [9.17, 15) is 0 Å². The Balaban J connectivity index is 2.11. The second kappa shape index (κ2) is 3.73. The normalized spacial score (nSPS) is 18.9. The summed E-state index contributed by atoms with van der Waals surface area (Å²) in [7, 11) is 0. The molecule has 14 heavy (non-hydrogen) atoms. The fourth-order valence-corrected chi connectivity index (χ4v) is 1.68. The molecule has 1 aromatic rings. The molecule has 1 aliphatic carbocycles. The first-order chi connectivity index (χ1) is 6.68. The second-order valence-electron chi connectivity index (χ2n) is 4.68. The van der Waals surface area contributed by atoms with Crippen LogP contribution in [-0.4, -0.2) is 9.55 Å². The molecule has 0 aromatic carbocycles. The van der Waals surface area contributed by atoms with Gasteiger partial charge in [-0.25, -0.2) is 4.98 Å². The Kier molecular flexibility index (Phi) is 2.59. The van der Waals surface area contributed by atoms with E-state index in [2.05, 4.69) is 23.4 Å². The summed E-state index contributed by atoms with van der Waals surface area (Å²) >= 11 is 0. The van der Waals surface area contributed by atoms with E-state index in [1.54, 1.807) is 0 Å². The molecule has 0 radical (unpaired) electrons. The number of hydrogen-bond acceptors (Lipinski definition) is 2. The Labute approximate surface area is 85.3 Å². The van der Waals surface area contributed by atoms with Gasteiger partial charge in [0, 0.05) is 18.8 Å². The summed E-state index contributed by atoms with van der Waals surface area (Å²) in [6.45, 7) is 5.41. The fourth-order valence-electron chi connectivity index (χ4n) is 1.68. The molecule has 0 amide bonds. The molecule has 2 rings (SSSR count). The highest BCUT2D eigenvalue weighted by Crippen LogP contribution is 2.31. The smallest absolute Gasteiger partial charge is 0.0948 e. The summed E-state index contributed by atoms with van der Waals surface area (Å²) in [4.78, 5) is 4.19. The van der Waals surface area contributed by atoms with Crippen LogP contribution in [0.5, 0.6) is 0 Å². The van der Waals surface area contributed by atoms with Gasteiger partial charge in [0.1, 0.15) is 0 Å². The van der Waals surface area contributed by atoms with Crippen molar-refractivity contribution in [3.63, 3.8) is 0 Å². The van der Waals surface area contributed by atoms with Crippen LogP contribution in [0.3, 0.4) is 0 Å². The molecule has 0 spiro atoms. The summed E-state index contributed by atoms with van der Waals surface area (Å²) in [5.74, 6) is 1.35. The van der Waals surface area contributed by atoms with Gasteiger partial charge in [-0.3, -0.25) is 0 Å². The van der Waals surface area contributed by atoms with Crippen LogP contribution in [0.4, 0.5) is 0 Å². The van der Waals surface area contributed by atoms with Gasteiger partial charge in [0.2, 0.25) is 0 Å². The zero-order chi connectivity index (χ0) is 10.1. The second-order valence-corrected chi connectivity index (χ2v) is 4.68. The molecular weight excluding hydrogens is 174 g/mol. The maximum absolute atomic E-state index is 6.12. The molecule has 78 valence electrons. The third kappa shape index (κ3) is 1.98. The first kappa shape index (κ1) is 9.71. The molecule has 1 atom stereocenters. The molecule has 1 aromatic heterocycles. The zero-order valence-corrected chi connectivity index (χ0v) is 8.98. The number of rotatable bonds is 4. The SMILES string of the molecule is CC(C)C(N)c1cncn1CC1CC1. The van der Waals surface area contributed by atoms with E-state index in [0.29, 0.717) is 5.92 Å². The van der Waals surface area contributed by atoms with Gasteiger partial charge in [-0.05, 0) is 24.7 Å². The summed E-state index contributed by atoms with van der Waals surface area (Å²) < 4.78 is 2.22. The van der Waals surface area contributed by atoms with Gasteiger partial charge in [0.25, 0.3) is 0 Å². The molecule has 3 heteroatoms. The minimum atomic E-state index is 0.122. The molecule has 1 fully saturated rings. The monoisotopic (exact) mass is 193 g/mol. The van der Waals surface area contributed by atoms with Crippen molar-refractivity contribution in [3.8, 4) is 0 Å². The largest absolute Gasteiger partial charge is 0.333 e. The van der Waals surface area contributed by atoms with Crippen LogP contribution in [0.2, 0.25) is 0 Å². The van der Waals surface area contributed by atoms with E-state index < -0.39 is 0 Å². The summed E-state index contributed by atoms with van der Waals surface area (Å²) in [6.07, 6.45) is 6.56. The maximum atomic E-state index is 6.12. The molecule has 0 bridgehead atoms. The van der Waals surface area contributed by atoms with Gasteiger partial charge in [-0.1, -0.05) is 13.8 Å². The third-order valence-electron chi connectivity index (χ3n) is 2.96. The minimum absolute atomic E-state index is 0.122. The molecule has 0 saturated heterocycles. The summed E-state index contributed by atoms with van der Waals surface area (Å²) in [5, 5.41) is 0. The molecule has 3 nitrogen and oxygen atoms in total. The average molecular weight is 193 g/mol. The summed E-state index contributed by atoms with van der Waals surface area (Å²) in [6, 6.07) is 0.122. The number of nitrogens with two attached hydrogens (primary N) is 1. The predicted molar refractivity (Wildman–Crippen MR) is 56.7 cm³/mol. The Morgan fingerprint density at radius 2 is 2.29 bits per heavy atom. The Hall–Kier alpha value is -0.830. The average Bonchev–Trinajstić information content (AvgIpc) is 2.82.